The highest BCUT2D eigenvalue weighted by atomic mass is 16.2. The molecule has 0 aliphatic carbocycles. The lowest BCUT2D eigenvalue weighted by molar-refractivity contribution is -0.144. The smallest absolute Gasteiger partial charge is 0.242 e. The molecule has 7 nitrogen and oxygen atoms in total. The highest BCUT2D eigenvalue weighted by Crippen LogP contribution is 2.18. The fraction of sp³-hybridized carbons (Fsp3) is 0.833. The van der Waals surface area contributed by atoms with Gasteiger partial charge in [0.25, 0.3) is 0 Å². The van der Waals surface area contributed by atoms with Crippen molar-refractivity contribution in [2.45, 2.75) is 51.0 Å². The Hall–Kier alpha value is -1.63. The topological polar surface area (TPSA) is 73.0 Å². The molecule has 0 saturated carbocycles. The Morgan fingerprint density at radius 3 is 2.68 bits per heavy atom. The van der Waals surface area contributed by atoms with Crippen LogP contribution in [-0.4, -0.2) is 84.3 Å². The highest BCUT2D eigenvalue weighted by Gasteiger charge is 2.32. The third-order valence-corrected chi connectivity index (χ3v) is 5.56. The lowest BCUT2D eigenvalue weighted by atomic mass is 10.0. The van der Waals surface area contributed by atoms with Crippen molar-refractivity contribution in [2.24, 2.45) is 0 Å². The van der Waals surface area contributed by atoms with Crippen LogP contribution in [0.4, 0.5) is 0 Å². The third-order valence-electron chi connectivity index (χ3n) is 5.56. The van der Waals surface area contributed by atoms with Crippen molar-refractivity contribution < 1.29 is 14.4 Å². The summed E-state index contributed by atoms with van der Waals surface area (Å²) < 4.78 is 0. The van der Waals surface area contributed by atoms with Crippen LogP contribution in [0.15, 0.2) is 0 Å². The first kappa shape index (κ1) is 18.2. The van der Waals surface area contributed by atoms with Gasteiger partial charge in [-0.3, -0.25) is 14.4 Å². The van der Waals surface area contributed by atoms with Crippen LogP contribution in [0.2, 0.25) is 0 Å². The molecule has 3 rings (SSSR count). The maximum atomic E-state index is 12.7. The van der Waals surface area contributed by atoms with Gasteiger partial charge in [0.2, 0.25) is 17.7 Å². The molecule has 3 amide bonds. The Labute approximate surface area is 149 Å². The largest absolute Gasteiger partial charge is 0.339 e. The van der Waals surface area contributed by atoms with Gasteiger partial charge in [-0.2, -0.15) is 0 Å². The van der Waals surface area contributed by atoms with Gasteiger partial charge in [-0.05, 0) is 25.7 Å². The van der Waals surface area contributed by atoms with Crippen molar-refractivity contribution in [2.75, 3.05) is 45.8 Å². The number of rotatable bonds is 3. The van der Waals surface area contributed by atoms with E-state index in [-0.39, 0.29) is 30.3 Å². The third kappa shape index (κ3) is 4.71. The number of carbonyl (C=O) groups is 3. The molecule has 1 unspecified atom stereocenters. The van der Waals surface area contributed by atoms with E-state index in [2.05, 4.69) is 5.32 Å². The molecule has 0 aromatic heterocycles. The Bertz CT molecular complexity index is 511. The molecule has 1 N–H and O–H groups in total. The molecule has 25 heavy (non-hydrogen) atoms. The maximum Gasteiger partial charge on any atom is 0.242 e. The molecular formula is C18H30N4O3. The van der Waals surface area contributed by atoms with Gasteiger partial charge in [-0.15, -0.1) is 0 Å². The number of piperidine rings is 1. The first-order valence-electron chi connectivity index (χ1n) is 9.71. The van der Waals surface area contributed by atoms with Crippen LogP contribution < -0.4 is 5.32 Å². The predicted octanol–water partition coefficient (Wildman–Crippen LogP) is 0.202. The van der Waals surface area contributed by atoms with Crippen molar-refractivity contribution >= 4 is 17.7 Å². The van der Waals surface area contributed by atoms with Crippen molar-refractivity contribution in [3.05, 3.63) is 0 Å². The average molecular weight is 350 g/mol. The van der Waals surface area contributed by atoms with Crippen molar-refractivity contribution in [3.8, 4) is 0 Å². The predicted molar refractivity (Wildman–Crippen MR) is 93.8 cm³/mol. The van der Waals surface area contributed by atoms with Crippen molar-refractivity contribution in [3.63, 3.8) is 0 Å². The van der Waals surface area contributed by atoms with Crippen molar-refractivity contribution in [1.29, 1.82) is 0 Å². The van der Waals surface area contributed by atoms with Crippen LogP contribution in [0, 0.1) is 0 Å². The molecular weight excluding hydrogens is 320 g/mol. The highest BCUT2D eigenvalue weighted by molar-refractivity contribution is 5.85. The van der Waals surface area contributed by atoms with E-state index in [0.29, 0.717) is 26.1 Å². The Balaban J connectivity index is 1.55. The number of hydrogen-bond acceptors (Lipinski definition) is 4. The molecule has 0 aromatic carbocycles. The summed E-state index contributed by atoms with van der Waals surface area (Å²) >= 11 is 0. The minimum atomic E-state index is 0.0289. The number of carbonyl (C=O) groups excluding carboxylic acids is 3. The van der Waals surface area contributed by atoms with Gasteiger partial charge < -0.3 is 20.0 Å². The Morgan fingerprint density at radius 2 is 1.84 bits per heavy atom. The quantitative estimate of drug-likeness (QED) is 0.789. The lowest BCUT2D eigenvalue weighted by Crippen LogP contribution is -2.58. The second-order valence-electron chi connectivity index (χ2n) is 7.38. The molecule has 7 heteroatoms. The van der Waals surface area contributed by atoms with E-state index < -0.39 is 0 Å². The second kappa shape index (κ2) is 8.65. The van der Waals surface area contributed by atoms with Gasteiger partial charge in [0.1, 0.15) is 0 Å². The van der Waals surface area contributed by atoms with Gasteiger partial charge in [-0.1, -0.05) is 12.8 Å². The van der Waals surface area contributed by atoms with Gasteiger partial charge in [0.15, 0.2) is 0 Å². The van der Waals surface area contributed by atoms with E-state index in [1.165, 1.54) is 0 Å². The molecule has 3 heterocycles. The maximum absolute atomic E-state index is 12.7. The normalized spacial score (nSPS) is 26.4. The van der Waals surface area contributed by atoms with E-state index in [4.69, 9.17) is 0 Å². The standard InChI is InChI=1S/C18H30N4O3/c23-16-7-3-1-2-4-9-21(16)14-18(25)20-10-5-6-15(13-20)22-11-8-19-12-17(22)24/h15,19H,1-14H2. The van der Waals surface area contributed by atoms with Gasteiger partial charge >= 0.3 is 0 Å². The molecule has 0 radical (unpaired) electrons. The van der Waals surface area contributed by atoms with Crippen LogP contribution in [-0.2, 0) is 14.4 Å². The minimum absolute atomic E-state index is 0.0289. The first-order valence-corrected chi connectivity index (χ1v) is 9.71. The van der Waals surface area contributed by atoms with E-state index >= 15 is 0 Å². The molecule has 3 aliphatic heterocycles. The zero-order valence-corrected chi connectivity index (χ0v) is 15.0. The number of amides is 3. The van der Waals surface area contributed by atoms with Crippen LogP contribution in [0.1, 0.15) is 44.9 Å². The molecule has 0 bridgehead atoms. The van der Waals surface area contributed by atoms with Gasteiger partial charge in [0.05, 0.1) is 13.1 Å². The van der Waals surface area contributed by atoms with Crippen LogP contribution in [0.3, 0.4) is 0 Å². The van der Waals surface area contributed by atoms with Crippen LogP contribution in [0.25, 0.3) is 0 Å². The van der Waals surface area contributed by atoms with E-state index in [9.17, 15) is 14.4 Å². The van der Waals surface area contributed by atoms with E-state index in [1.807, 2.05) is 9.80 Å². The number of nitrogens with one attached hydrogen (secondary N) is 1. The summed E-state index contributed by atoms with van der Waals surface area (Å²) in [4.78, 5) is 42.6. The number of hydrogen-bond donors (Lipinski definition) is 1. The zero-order chi connectivity index (χ0) is 17.6. The second-order valence-corrected chi connectivity index (χ2v) is 7.38. The van der Waals surface area contributed by atoms with E-state index in [0.717, 1.165) is 58.2 Å². The van der Waals surface area contributed by atoms with Crippen LogP contribution >= 0.6 is 0 Å². The van der Waals surface area contributed by atoms with Crippen LogP contribution in [0.5, 0.6) is 0 Å². The van der Waals surface area contributed by atoms with Crippen molar-refractivity contribution in [1.82, 2.24) is 20.0 Å². The first-order chi connectivity index (χ1) is 12.1. The number of piperazine rings is 1. The molecule has 3 saturated heterocycles. The fourth-order valence-electron chi connectivity index (χ4n) is 4.09. The summed E-state index contributed by atoms with van der Waals surface area (Å²) in [6.07, 6.45) is 6.59. The SMILES string of the molecule is O=C1CCCCCCN1CC(=O)N1CCCC(N2CCNCC2=O)C1. The molecule has 1 atom stereocenters. The lowest BCUT2D eigenvalue weighted by Gasteiger charge is -2.41. The molecule has 3 aliphatic rings. The average Bonchev–Trinajstić information content (AvgIpc) is 2.62. The van der Waals surface area contributed by atoms with Gasteiger partial charge in [-0.25, -0.2) is 0 Å². The fourth-order valence-corrected chi connectivity index (χ4v) is 4.09. The summed E-state index contributed by atoms with van der Waals surface area (Å²) in [5, 5.41) is 3.09. The number of likely N-dealkylation sites (tertiary alicyclic amines) is 2. The molecule has 3 fully saturated rings. The summed E-state index contributed by atoms with van der Waals surface area (Å²) in [5.74, 6) is 0.268. The van der Waals surface area contributed by atoms with Gasteiger partial charge in [0, 0.05) is 45.2 Å². The molecule has 0 spiro atoms. The minimum Gasteiger partial charge on any atom is -0.339 e. The monoisotopic (exact) mass is 350 g/mol. The Morgan fingerprint density at radius 1 is 1.00 bits per heavy atom. The number of nitrogens with zero attached hydrogens (tertiary/aromatic N) is 3. The summed E-state index contributed by atoms with van der Waals surface area (Å²) in [6.45, 7) is 4.16. The summed E-state index contributed by atoms with van der Waals surface area (Å²) in [5.41, 5.74) is 0. The molecule has 0 aromatic rings. The Kier molecular flexibility index (Phi) is 6.29. The molecule has 140 valence electrons. The van der Waals surface area contributed by atoms with E-state index in [1.54, 1.807) is 4.90 Å². The zero-order valence-electron chi connectivity index (χ0n) is 15.0. The summed E-state index contributed by atoms with van der Waals surface area (Å²) in [7, 11) is 0. The summed E-state index contributed by atoms with van der Waals surface area (Å²) in [6, 6.07) is 0.121.